The van der Waals surface area contributed by atoms with Gasteiger partial charge in [0.2, 0.25) is 5.91 Å². The lowest BCUT2D eigenvalue weighted by molar-refractivity contribution is -0.124. The van der Waals surface area contributed by atoms with E-state index >= 15 is 0 Å². The van der Waals surface area contributed by atoms with Gasteiger partial charge < -0.3 is 15.0 Å². The van der Waals surface area contributed by atoms with Gasteiger partial charge in [-0.05, 0) is 66.3 Å². The standard InChI is InChI=1S/C25H22ClN3O3S/c1-32-21-13-7-17(8-14-21)16-28-22(15-23(30)27-19-11-9-18(26)10-12-19)24(31)29(25(28)33)20-5-3-2-4-6-20/h2-14,22H,15-16H2,1H3,(H,27,30)/t22-/m1/s1. The monoisotopic (exact) mass is 479 g/mol. The first-order valence-corrected chi connectivity index (χ1v) is 11.1. The zero-order valence-electron chi connectivity index (χ0n) is 17.9. The second-order valence-electron chi connectivity index (χ2n) is 7.54. The van der Waals surface area contributed by atoms with Crippen molar-refractivity contribution in [2.75, 3.05) is 17.3 Å². The number of halogens is 1. The number of hydrogen-bond donors (Lipinski definition) is 1. The molecule has 1 fully saturated rings. The molecule has 3 aromatic carbocycles. The lowest BCUT2D eigenvalue weighted by atomic mass is 10.1. The maximum absolute atomic E-state index is 13.4. The molecular weight excluding hydrogens is 458 g/mol. The van der Waals surface area contributed by atoms with E-state index < -0.39 is 6.04 Å². The van der Waals surface area contributed by atoms with E-state index in [0.717, 1.165) is 11.3 Å². The third-order valence-electron chi connectivity index (χ3n) is 5.35. The van der Waals surface area contributed by atoms with Gasteiger partial charge in [0.05, 0.1) is 19.2 Å². The van der Waals surface area contributed by atoms with Gasteiger partial charge in [-0.1, -0.05) is 41.9 Å². The number of ether oxygens (including phenoxy) is 1. The zero-order chi connectivity index (χ0) is 23.4. The number of benzene rings is 3. The molecule has 0 aromatic heterocycles. The van der Waals surface area contributed by atoms with E-state index in [2.05, 4.69) is 5.32 Å². The van der Waals surface area contributed by atoms with Gasteiger partial charge in [-0.25, -0.2) is 0 Å². The fraction of sp³-hybridized carbons (Fsp3) is 0.160. The van der Waals surface area contributed by atoms with Gasteiger partial charge in [0.1, 0.15) is 11.8 Å². The number of amides is 2. The van der Waals surface area contributed by atoms with E-state index in [1.54, 1.807) is 36.3 Å². The fourth-order valence-electron chi connectivity index (χ4n) is 3.68. The predicted molar refractivity (Wildman–Crippen MR) is 134 cm³/mol. The van der Waals surface area contributed by atoms with E-state index in [1.807, 2.05) is 54.6 Å². The van der Waals surface area contributed by atoms with Crippen molar-refractivity contribution >= 4 is 52.1 Å². The smallest absolute Gasteiger partial charge is 0.256 e. The molecule has 0 spiro atoms. The van der Waals surface area contributed by atoms with Crippen molar-refractivity contribution in [3.63, 3.8) is 0 Å². The molecule has 0 radical (unpaired) electrons. The van der Waals surface area contributed by atoms with Gasteiger partial charge in [0.25, 0.3) is 5.91 Å². The molecule has 1 atom stereocenters. The first kappa shape index (κ1) is 22.8. The summed E-state index contributed by atoms with van der Waals surface area (Å²) in [7, 11) is 1.61. The van der Waals surface area contributed by atoms with Crippen molar-refractivity contribution in [1.29, 1.82) is 0 Å². The van der Waals surface area contributed by atoms with Gasteiger partial charge >= 0.3 is 0 Å². The first-order chi connectivity index (χ1) is 16.0. The minimum absolute atomic E-state index is 0.0406. The Hall–Kier alpha value is -3.42. The van der Waals surface area contributed by atoms with Crippen molar-refractivity contribution in [3.8, 4) is 5.75 Å². The molecule has 3 aromatic rings. The number of carbonyl (C=O) groups excluding carboxylic acids is 2. The summed E-state index contributed by atoms with van der Waals surface area (Å²) in [6, 6.07) is 22.9. The Morgan fingerprint density at radius 1 is 1.03 bits per heavy atom. The van der Waals surface area contributed by atoms with Crippen LogP contribution in [0.3, 0.4) is 0 Å². The van der Waals surface area contributed by atoms with Crippen molar-refractivity contribution < 1.29 is 14.3 Å². The van der Waals surface area contributed by atoms with E-state index in [-0.39, 0.29) is 18.2 Å². The summed E-state index contributed by atoms with van der Waals surface area (Å²) in [6.45, 7) is 0.386. The summed E-state index contributed by atoms with van der Waals surface area (Å²) < 4.78 is 5.23. The Kier molecular flexibility index (Phi) is 6.91. The molecule has 1 aliphatic heterocycles. The Morgan fingerprint density at radius 3 is 2.33 bits per heavy atom. The molecule has 0 saturated carbocycles. The van der Waals surface area contributed by atoms with Crippen LogP contribution in [-0.4, -0.2) is 35.0 Å². The largest absolute Gasteiger partial charge is 0.497 e. The summed E-state index contributed by atoms with van der Waals surface area (Å²) in [5, 5.41) is 3.77. The molecule has 1 aliphatic rings. The van der Waals surface area contributed by atoms with Crippen LogP contribution in [0.4, 0.5) is 11.4 Å². The molecule has 2 amide bonds. The maximum atomic E-state index is 13.4. The van der Waals surface area contributed by atoms with E-state index in [4.69, 9.17) is 28.6 Å². The van der Waals surface area contributed by atoms with E-state index in [9.17, 15) is 9.59 Å². The van der Waals surface area contributed by atoms with Crippen molar-refractivity contribution in [3.05, 3.63) is 89.4 Å². The summed E-state index contributed by atoms with van der Waals surface area (Å²) >= 11 is 11.6. The van der Waals surface area contributed by atoms with Gasteiger partial charge in [-0.15, -0.1) is 0 Å². The number of methoxy groups -OCH3 is 1. The van der Waals surface area contributed by atoms with Gasteiger partial charge in [0, 0.05) is 17.3 Å². The van der Waals surface area contributed by atoms with Crippen LogP contribution in [0.25, 0.3) is 0 Å². The molecule has 4 rings (SSSR count). The Balaban J connectivity index is 1.58. The molecular formula is C25H22ClN3O3S. The topological polar surface area (TPSA) is 61.9 Å². The molecule has 0 aliphatic carbocycles. The van der Waals surface area contributed by atoms with E-state index in [1.165, 1.54) is 4.90 Å². The Labute approximate surface area is 202 Å². The highest BCUT2D eigenvalue weighted by atomic mass is 35.5. The highest BCUT2D eigenvalue weighted by Crippen LogP contribution is 2.29. The lowest BCUT2D eigenvalue weighted by Crippen LogP contribution is -2.37. The van der Waals surface area contributed by atoms with Crippen LogP contribution in [-0.2, 0) is 16.1 Å². The predicted octanol–water partition coefficient (Wildman–Crippen LogP) is 4.88. The van der Waals surface area contributed by atoms with Crippen LogP contribution in [0, 0.1) is 0 Å². The number of anilines is 2. The molecule has 1 N–H and O–H groups in total. The van der Waals surface area contributed by atoms with Crippen LogP contribution in [0.1, 0.15) is 12.0 Å². The molecule has 168 valence electrons. The summed E-state index contributed by atoms with van der Waals surface area (Å²) in [5.41, 5.74) is 2.23. The van der Waals surface area contributed by atoms with Gasteiger partial charge in [-0.3, -0.25) is 14.5 Å². The maximum Gasteiger partial charge on any atom is 0.256 e. The quantitative estimate of drug-likeness (QED) is 0.489. The molecule has 0 unspecified atom stereocenters. The van der Waals surface area contributed by atoms with Crippen LogP contribution < -0.4 is 15.0 Å². The van der Waals surface area contributed by atoms with Crippen LogP contribution in [0.2, 0.25) is 5.02 Å². The second-order valence-corrected chi connectivity index (χ2v) is 8.34. The Morgan fingerprint density at radius 2 is 1.70 bits per heavy atom. The number of carbonyl (C=O) groups is 2. The summed E-state index contributed by atoms with van der Waals surface area (Å²) in [4.78, 5) is 29.6. The van der Waals surface area contributed by atoms with Crippen molar-refractivity contribution in [2.24, 2.45) is 0 Å². The average Bonchev–Trinajstić information content (AvgIpc) is 3.05. The number of thiocarbonyl (C=S) groups is 1. The molecule has 33 heavy (non-hydrogen) atoms. The summed E-state index contributed by atoms with van der Waals surface area (Å²) in [6.07, 6.45) is -0.0406. The average molecular weight is 480 g/mol. The van der Waals surface area contributed by atoms with Crippen molar-refractivity contribution in [1.82, 2.24) is 4.90 Å². The van der Waals surface area contributed by atoms with E-state index in [0.29, 0.717) is 28.1 Å². The SMILES string of the molecule is COc1ccc(CN2C(=S)N(c3ccccc3)C(=O)[C@H]2CC(=O)Nc2ccc(Cl)cc2)cc1. The van der Waals surface area contributed by atoms with Gasteiger partial charge in [-0.2, -0.15) is 0 Å². The van der Waals surface area contributed by atoms with Crippen LogP contribution in [0.5, 0.6) is 5.75 Å². The minimum Gasteiger partial charge on any atom is -0.497 e. The fourth-order valence-corrected chi connectivity index (χ4v) is 4.19. The third-order valence-corrected chi connectivity index (χ3v) is 6.02. The summed E-state index contributed by atoms with van der Waals surface area (Å²) in [5.74, 6) is 0.225. The molecule has 8 heteroatoms. The van der Waals surface area contributed by atoms with Gasteiger partial charge in [0.15, 0.2) is 5.11 Å². The van der Waals surface area contributed by atoms with Crippen molar-refractivity contribution in [2.45, 2.75) is 19.0 Å². The number of rotatable bonds is 7. The normalized spacial score (nSPS) is 15.6. The Bertz CT molecular complexity index is 1150. The first-order valence-electron chi connectivity index (χ1n) is 10.3. The molecule has 1 heterocycles. The number of nitrogens with zero attached hydrogens (tertiary/aromatic N) is 2. The molecule has 1 saturated heterocycles. The second kappa shape index (κ2) is 10.0. The highest BCUT2D eigenvalue weighted by Gasteiger charge is 2.44. The lowest BCUT2D eigenvalue weighted by Gasteiger charge is -2.24. The zero-order valence-corrected chi connectivity index (χ0v) is 19.5. The van der Waals surface area contributed by atoms with Crippen LogP contribution >= 0.6 is 23.8 Å². The highest BCUT2D eigenvalue weighted by molar-refractivity contribution is 7.80. The molecule has 6 nitrogen and oxygen atoms in total. The number of nitrogens with one attached hydrogen (secondary N) is 1. The number of hydrogen-bond acceptors (Lipinski definition) is 4. The van der Waals surface area contributed by atoms with Crippen LogP contribution in [0.15, 0.2) is 78.9 Å². The minimum atomic E-state index is -0.730. The molecule has 0 bridgehead atoms. The third kappa shape index (κ3) is 5.16. The number of para-hydroxylation sites is 1.